The first-order chi connectivity index (χ1) is 16.9. The van der Waals surface area contributed by atoms with E-state index < -0.39 is 6.10 Å². The predicted octanol–water partition coefficient (Wildman–Crippen LogP) is 3.39. The largest absolute Gasteiger partial charge is 0.391 e. The molecular weight excluding hydrogens is 446 g/mol. The molecule has 0 saturated carbocycles. The van der Waals surface area contributed by atoms with Crippen molar-refractivity contribution in [3.63, 3.8) is 0 Å². The van der Waals surface area contributed by atoms with Crippen molar-refractivity contribution in [1.82, 2.24) is 24.0 Å². The fourth-order valence-electron chi connectivity index (χ4n) is 4.44. The Morgan fingerprint density at radius 3 is 2.31 bits per heavy atom. The lowest BCUT2D eigenvalue weighted by atomic mass is 10.1. The topological polar surface area (TPSA) is 111 Å². The normalized spacial score (nSPS) is 12.3. The van der Waals surface area contributed by atoms with E-state index in [0.717, 1.165) is 57.8 Å². The molecule has 0 aliphatic heterocycles. The molecule has 2 aromatic rings. The maximum atomic E-state index is 12.7. The molecule has 0 aromatic carbocycles. The summed E-state index contributed by atoms with van der Waals surface area (Å²) in [6.45, 7) is 2.94. The molecule has 0 aliphatic rings. The maximum Gasteiger partial charge on any atom is 0.332 e. The molecule has 2 rings (SSSR count). The zero-order valence-corrected chi connectivity index (χ0v) is 21.9. The number of nitrogens with zero attached hydrogens (tertiary/aromatic N) is 4. The molecule has 1 unspecified atom stereocenters. The number of rotatable bonds is 18. The van der Waals surface area contributed by atoms with Crippen LogP contribution in [0.3, 0.4) is 0 Å². The lowest BCUT2D eigenvalue weighted by Gasteiger charge is -2.12. The van der Waals surface area contributed by atoms with Crippen molar-refractivity contribution in [2.24, 2.45) is 14.1 Å². The van der Waals surface area contributed by atoms with Crippen LogP contribution in [0.25, 0.3) is 11.2 Å². The molecule has 0 spiro atoms. The zero-order chi connectivity index (χ0) is 25.6. The van der Waals surface area contributed by atoms with Gasteiger partial charge < -0.3 is 15.0 Å². The Morgan fingerprint density at radius 1 is 0.971 bits per heavy atom. The molecule has 9 heteroatoms. The molecule has 2 N–H and O–H groups in total. The number of fused-ring (bicyclic) bond motifs is 1. The quantitative estimate of drug-likeness (QED) is 0.311. The van der Waals surface area contributed by atoms with Gasteiger partial charge in [-0.15, -0.1) is 0 Å². The van der Waals surface area contributed by atoms with Crippen molar-refractivity contribution in [1.29, 1.82) is 0 Å². The van der Waals surface area contributed by atoms with Crippen molar-refractivity contribution in [2.45, 2.75) is 109 Å². The third-order valence-corrected chi connectivity index (χ3v) is 6.66. The first-order valence-corrected chi connectivity index (χ1v) is 13.4. The summed E-state index contributed by atoms with van der Waals surface area (Å²) < 4.78 is 4.41. The van der Waals surface area contributed by atoms with Crippen molar-refractivity contribution in [3.8, 4) is 0 Å². The SMILES string of the molecule is CCCCCCCC(=O)NCC(O)CCCCCCCCCn1c(=O)c2c(ncn2C)n(C)c1=O. The summed E-state index contributed by atoms with van der Waals surface area (Å²) in [6.07, 6.45) is 15.0. The average Bonchev–Trinajstić information content (AvgIpc) is 3.23. The summed E-state index contributed by atoms with van der Waals surface area (Å²) in [4.78, 5) is 41.2. The number of aliphatic hydroxyl groups is 1. The Hall–Kier alpha value is -2.42. The maximum absolute atomic E-state index is 12.7. The van der Waals surface area contributed by atoms with Crippen LogP contribution in [0.15, 0.2) is 15.9 Å². The van der Waals surface area contributed by atoms with Gasteiger partial charge in [-0.2, -0.15) is 0 Å². The van der Waals surface area contributed by atoms with Crippen LogP contribution in [0, 0.1) is 0 Å². The number of aromatic nitrogens is 4. The van der Waals surface area contributed by atoms with E-state index in [1.165, 1.54) is 28.4 Å². The number of unbranched alkanes of at least 4 members (excludes halogenated alkanes) is 10. The summed E-state index contributed by atoms with van der Waals surface area (Å²) >= 11 is 0. The van der Waals surface area contributed by atoms with Crippen LogP contribution in [0.5, 0.6) is 0 Å². The average molecular weight is 492 g/mol. The summed E-state index contributed by atoms with van der Waals surface area (Å²) in [6, 6.07) is 0. The van der Waals surface area contributed by atoms with E-state index in [1.54, 1.807) is 25.0 Å². The van der Waals surface area contributed by atoms with Crippen molar-refractivity contribution in [3.05, 3.63) is 27.2 Å². The van der Waals surface area contributed by atoms with Gasteiger partial charge in [0.1, 0.15) is 0 Å². The number of hydrogen-bond donors (Lipinski definition) is 2. The molecule has 0 saturated heterocycles. The fraction of sp³-hybridized carbons (Fsp3) is 0.769. The lowest BCUT2D eigenvalue weighted by molar-refractivity contribution is -0.121. The Bertz CT molecular complexity index is 1020. The third kappa shape index (κ3) is 9.28. The summed E-state index contributed by atoms with van der Waals surface area (Å²) in [5.74, 6) is 0.0425. The number of aliphatic hydroxyl groups excluding tert-OH is 1. The molecular formula is C26H45N5O4. The van der Waals surface area contributed by atoms with E-state index in [1.807, 2.05) is 0 Å². The number of carbonyl (C=O) groups is 1. The number of carbonyl (C=O) groups excluding carboxylic acids is 1. The standard InChI is InChI=1S/C26H45N5O4/c1-4-5-6-10-14-17-22(33)27-19-21(32)16-13-11-8-7-9-12-15-18-31-25(34)23-24(28-20-29(23)2)30(3)26(31)35/h20-21,32H,4-19H2,1-3H3,(H,27,33). The molecule has 9 nitrogen and oxygen atoms in total. The van der Waals surface area contributed by atoms with Gasteiger partial charge in [0.25, 0.3) is 5.56 Å². The van der Waals surface area contributed by atoms with E-state index in [4.69, 9.17) is 0 Å². The molecule has 1 amide bonds. The highest BCUT2D eigenvalue weighted by Gasteiger charge is 2.14. The number of amides is 1. The molecule has 2 heterocycles. The number of nitrogens with one attached hydrogen (secondary N) is 1. The first kappa shape index (κ1) is 28.8. The van der Waals surface area contributed by atoms with E-state index in [2.05, 4.69) is 17.2 Å². The van der Waals surface area contributed by atoms with Crippen LogP contribution < -0.4 is 16.6 Å². The highest BCUT2D eigenvalue weighted by Crippen LogP contribution is 2.11. The second-order valence-electron chi connectivity index (χ2n) is 9.71. The first-order valence-electron chi connectivity index (χ1n) is 13.4. The Morgan fingerprint density at radius 2 is 1.60 bits per heavy atom. The Labute approximate surface area is 208 Å². The molecule has 0 aliphatic carbocycles. The zero-order valence-electron chi connectivity index (χ0n) is 21.9. The summed E-state index contributed by atoms with van der Waals surface area (Å²) in [5, 5.41) is 12.9. The molecule has 2 aromatic heterocycles. The number of imidazole rings is 1. The predicted molar refractivity (Wildman–Crippen MR) is 140 cm³/mol. The highest BCUT2D eigenvalue weighted by molar-refractivity contribution is 5.75. The minimum atomic E-state index is -0.475. The lowest BCUT2D eigenvalue weighted by Crippen LogP contribution is -2.39. The van der Waals surface area contributed by atoms with E-state index >= 15 is 0 Å². The third-order valence-electron chi connectivity index (χ3n) is 6.66. The van der Waals surface area contributed by atoms with Gasteiger partial charge in [0.15, 0.2) is 11.2 Å². The second kappa shape index (κ2) is 15.5. The molecule has 198 valence electrons. The highest BCUT2D eigenvalue weighted by atomic mass is 16.3. The van der Waals surface area contributed by atoms with Gasteiger partial charge in [-0.05, 0) is 19.3 Å². The van der Waals surface area contributed by atoms with E-state index in [-0.39, 0.29) is 17.2 Å². The minimum absolute atomic E-state index is 0.0425. The molecule has 1 atom stereocenters. The number of hydrogen-bond acceptors (Lipinski definition) is 5. The van der Waals surface area contributed by atoms with E-state index in [9.17, 15) is 19.5 Å². The van der Waals surface area contributed by atoms with Crippen LogP contribution >= 0.6 is 0 Å². The van der Waals surface area contributed by atoms with Gasteiger partial charge >= 0.3 is 5.69 Å². The molecule has 0 bridgehead atoms. The molecule has 0 radical (unpaired) electrons. The number of aryl methyl sites for hydroxylation is 2. The van der Waals surface area contributed by atoms with Crippen LogP contribution in [-0.4, -0.2) is 42.3 Å². The minimum Gasteiger partial charge on any atom is -0.391 e. The fourth-order valence-corrected chi connectivity index (χ4v) is 4.44. The Balaban J connectivity index is 1.52. The summed E-state index contributed by atoms with van der Waals surface area (Å²) in [7, 11) is 3.41. The second-order valence-corrected chi connectivity index (χ2v) is 9.71. The monoisotopic (exact) mass is 491 g/mol. The van der Waals surface area contributed by atoms with Crippen LogP contribution in [0.4, 0.5) is 0 Å². The smallest absolute Gasteiger partial charge is 0.332 e. The van der Waals surface area contributed by atoms with Crippen molar-refractivity contribution in [2.75, 3.05) is 6.54 Å². The molecule has 0 fully saturated rings. The Kier molecular flexibility index (Phi) is 12.8. The van der Waals surface area contributed by atoms with Gasteiger partial charge in [0.05, 0.1) is 12.4 Å². The molecule has 35 heavy (non-hydrogen) atoms. The van der Waals surface area contributed by atoms with Crippen molar-refractivity contribution >= 4 is 17.1 Å². The van der Waals surface area contributed by atoms with Gasteiger partial charge in [-0.25, -0.2) is 9.78 Å². The van der Waals surface area contributed by atoms with Gasteiger partial charge in [-0.1, -0.05) is 71.1 Å². The van der Waals surface area contributed by atoms with Crippen LogP contribution in [-0.2, 0) is 25.4 Å². The van der Waals surface area contributed by atoms with E-state index in [0.29, 0.717) is 37.1 Å². The van der Waals surface area contributed by atoms with Gasteiger partial charge in [0, 0.05) is 33.6 Å². The van der Waals surface area contributed by atoms with Gasteiger partial charge in [0.2, 0.25) is 5.91 Å². The van der Waals surface area contributed by atoms with Crippen LogP contribution in [0.1, 0.15) is 96.8 Å². The van der Waals surface area contributed by atoms with Crippen molar-refractivity contribution < 1.29 is 9.90 Å². The van der Waals surface area contributed by atoms with Crippen LogP contribution in [0.2, 0.25) is 0 Å². The summed E-state index contributed by atoms with van der Waals surface area (Å²) in [5.41, 5.74) is 0.285. The van der Waals surface area contributed by atoms with Gasteiger partial charge in [-0.3, -0.25) is 18.7 Å².